The van der Waals surface area contributed by atoms with Gasteiger partial charge >= 0.3 is 0 Å². The third-order valence-electron chi connectivity index (χ3n) is 5.55. The van der Waals surface area contributed by atoms with E-state index in [1.165, 1.54) is 5.56 Å². The van der Waals surface area contributed by atoms with E-state index >= 15 is 0 Å². The summed E-state index contributed by atoms with van der Waals surface area (Å²) in [4.78, 5) is 26.3. The second-order valence-electron chi connectivity index (χ2n) is 7.23. The molecule has 2 aromatic rings. The molecule has 128 valence electrons. The molecule has 4 rings (SSSR count). The molecule has 1 heterocycles. The number of Topliss-reactive ketones (excluding diaryl/α,β-unsaturated/α-hetero) is 1. The summed E-state index contributed by atoms with van der Waals surface area (Å²) < 4.78 is 0. The molecule has 1 atom stereocenters. The largest absolute Gasteiger partial charge is 0.388 e. The lowest BCUT2D eigenvalue weighted by atomic mass is 9.70. The first-order valence-corrected chi connectivity index (χ1v) is 8.72. The van der Waals surface area contributed by atoms with Crippen LogP contribution in [0.4, 0.5) is 5.69 Å². The highest BCUT2D eigenvalue weighted by Crippen LogP contribution is 2.44. The molecule has 0 aromatic heterocycles. The summed E-state index contributed by atoms with van der Waals surface area (Å²) in [7, 11) is 0. The lowest BCUT2D eigenvalue weighted by molar-refractivity contribution is -0.117. The van der Waals surface area contributed by atoms with E-state index in [2.05, 4.69) is 0 Å². The highest BCUT2D eigenvalue weighted by atomic mass is 16.3. The molecule has 1 saturated heterocycles. The third-order valence-corrected chi connectivity index (χ3v) is 5.55. The van der Waals surface area contributed by atoms with Crippen molar-refractivity contribution < 1.29 is 14.7 Å². The van der Waals surface area contributed by atoms with Crippen molar-refractivity contribution in [3.63, 3.8) is 0 Å². The van der Waals surface area contributed by atoms with Crippen LogP contribution in [0.3, 0.4) is 0 Å². The van der Waals surface area contributed by atoms with E-state index in [0.717, 1.165) is 37.1 Å². The van der Waals surface area contributed by atoms with E-state index in [1.54, 1.807) is 6.07 Å². The van der Waals surface area contributed by atoms with E-state index in [4.69, 9.17) is 5.11 Å². The highest BCUT2D eigenvalue weighted by Gasteiger charge is 2.45. The van der Waals surface area contributed by atoms with Gasteiger partial charge in [0.15, 0.2) is 5.78 Å². The van der Waals surface area contributed by atoms with E-state index < -0.39 is 6.61 Å². The van der Waals surface area contributed by atoms with Crippen LogP contribution in [0.15, 0.2) is 48.5 Å². The Morgan fingerprint density at radius 1 is 1.08 bits per heavy atom. The molecule has 1 N–H and O–H groups in total. The number of nitrogens with zero attached hydrogens (tertiary/aromatic N) is 1. The Labute approximate surface area is 147 Å². The first-order valence-electron chi connectivity index (χ1n) is 8.72. The zero-order valence-corrected chi connectivity index (χ0v) is 14.1. The molecule has 4 nitrogen and oxygen atoms in total. The van der Waals surface area contributed by atoms with Crippen LogP contribution in [-0.2, 0) is 17.6 Å². The first-order chi connectivity index (χ1) is 12.1. The Bertz CT molecular complexity index is 830. The number of carbonyl (C=O) groups excluding carboxylic acids is 2. The fourth-order valence-electron chi connectivity index (χ4n) is 4.22. The van der Waals surface area contributed by atoms with Gasteiger partial charge in [0.1, 0.15) is 6.61 Å². The molecule has 0 radical (unpaired) electrons. The number of hydrogen-bond acceptors (Lipinski definition) is 3. The smallest absolute Gasteiger partial charge is 0.227 e. The Balaban J connectivity index is 1.61. The van der Waals surface area contributed by atoms with Crippen LogP contribution in [0.25, 0.3) is 0 Å². The molecule has 2 aliphatic rings. The van der Waals surface area contributed by atoms with Gasteiger partial charge in [-0.2, -0.15) is 0 Å². The SMILES string of the molecule is O=C(CO)c1ccc2c(c1)CC1(CC2)CC(=O)N(c2ccccc2)C1. The molecular formula is C21H21NO3. The molecule has 1 spiro atoms. The topological polar surface area (TPSA) is 57.6 Å². The maximum Gasteiger partial charge on any atom is 0.227 e. The maximum absolute atomic E-state index is 12.6. The minimum atomic E-state index is -0.468. The fourth-order valence-corrected chi connectivity index (χ4v) is 4.22. The molecule has 1 amide bonds. The van der Waals surface area contributed by atoms with Crippen molar-refractivity contribution in [2.45, 2.75) is 25.7 Å². The van der Waals surface area contributed by atoms with Gasteiger partial charge in [0.05, 0.1) is 0 Å². The van der Waals surface area contributed by atoms with Gasteiger partial charge in [0.25, 0.3) is 0 Å². The number of para-hydroxylation sites is 1. The zero-order chi connectivity index (χ0) is 17.4. The number of aryl methyl sites for hydroxylation is 1. The summed E-state index contributed by atoms with van der Waals surface area (Å²) >= 11 is 0. The number of aliphatic hydroxyl groups excluding tert-OH is 1. The second kappa shape index (κ2) is 6.12. The number of anilines is 1. The quantitative estimate of drug-likeness (QED) is 0.878. The minimum Gasteiger partial charge on any atom is -0.388 e. The van der Waals surface area contributed by atoms with E-state index in [0.29, 0.717) is 12.0 Å². The van der Waals surface area contributed by atoms with Crippen molar-refractivity contribution in [1.29, 1.82) is 0 Å². The summed E-state index contributed by atoms with van der Waals surface area (Å²) in [6, 6.07) is 15.5. The van der Waals surface area contributed by atoms with E-state index in [1.807, 2.05) is 47.4 Å². The van der Waals surface area contributed by atoms with Gasteiger partial charge in [0, 0.05) is 29.6 Å². The van der Waals surface area contributed by atoms with Gasteiger partial charge in [-0.25, -0.2) is 0 Å². The van der Waals surface area contributed by atoms with Crippen molar-refractivity contribution in [2.24, 2.45) is 5.41 Å². The zero-order valence-electron chi connectivity index (χ0n) is 14.1. The molecule has 1 unspecified atom stereocenters. The van der Waals surface area contributed by atoms with Crippen molar-refractivity contribution in [2.75, 3.05) is 18.1 Å². The molecule has 1 aliphatic heterocycles. The molecular weight excluding hydrogens is 314 g/mol. The summed E-state index contributed by atoms with van der Waals surface area (Å²) in [6.45, 7) is 0.262. The van der Waals surface area contributed by atoms with Gasteiger partial charge in [-0.15, -0.1) is 0 Å². The number of carbonyl (C=O) groups is 2. The van der Waals surface area contributed by atoms with E-state index in [9.17, 15) is 9.59 Å². The number of ketones is 1. The average Bonchev–Trinajstić information content (AvgIpc) is 2.96. The van der Waals surface area contributed by atoms with Crippen LogP contribution in [0.5, 0.6) is 0 Å². The molecule has 1 aliphatic carbocycles. The normalized spacial score (nSPS) is 22.3. The predicted molar refractivity (Wildman–Crippen MR) is 95.7 cm³/mol. The minimum absolute atomic E-state index is 0.0548. The van der Waals surface area contributed by atoms with E-state index in [-0.39, 0.29) is 17.1 Å². The summed E-state index contributed by atoms with van der Waals surface area (Å²) in [6.07, 6.45) is 3.28. The van der Waals surface area contributed by atoms with Crippen molar-refractivity contribution in [3.05, 3.63) is 65.2 Å². The molecule has 2 aromatic carbocycles. The Hall–Kier alpha value is -2.46. The van der Waals surface area contributed by atoms with Crippen molar-refractivity contribution >= 4 is 17.4 Å². The number of fused-ring (bicyclic) bond motifs is 1. The van der Waals surface area contributed by atoms with Crippen LogP contribution < -0.4 is 4.90 Å². The maximum atomic E-state index is 12.6. The number of aliphatic hydroxyl groups is 1. The van der Waals surface area contributed by atoms with Crippen LogP contribution in [0, 0.1) is 5.41 Å². The van der Waals surface area contributed by atoms with Crippen molar-refractivity contribution in [3.8, 4) is 0 Å². The Morgan fingerprint density at radius 3 is 2.64 bits per heavy atom. The molecule has 0 saturated carbocycles. The molecule has 0 bridgehead atoms. The number of amides is 1. The van der Waals surface area contributed by atoms with Gasteiger partial charge in [0.2, 0.25) is 5.91 Å². The Kier molecular flexibility index (Phi) is 3.92. The second-order valence-corrected chi connectivity index (χ2v) is 7.23. The predicted octanol–water partition coefficient (Wildman–Crippen LogP) is 2.77. The number of hydrogen-bond donors (Lipinski definition) is 1. The number of benzene rings is 2. The fraction of sp³-hybridized carbons (Fsp3) is 0.333. The average molecular weight is 335 g/mol. The first kappa shape index (κ1) is 16.0. The summed E-state index contributed by atoms with van der Waals surface area (Å²) in [5.74, 6) is -0.0759. The van der Waals surface area contributed by atoms with Crippen LogP contribution >= 0.6 is 0 Å². The summed E-state index contributed by atoms with van der Waals surface area (Å²) in [5.41, 5.74) is 3.86. The van der Waals surface area contributed by atoms with Gasteiger partial charge < -0.3 is 10.0 Å². The molecule has 25 heavy (non-hydrogen) atoms. The van der Waals surface area contributed by atoms with Gasteiger partial charge in [-0.3, -0.25) is 9.59 Å². The standard InChI is InChI=1S/C21H21NO3/c23-13-19(24)16-7-6-15-8-9-21(11-17(15)10-16)12-20(25)22(14-21)18-4-2-1-3-5-18/h1-7,10,23H,8-9,11-14H2. The Morgan fingerprint density at radius 2 is 1.88 bits per heavy atom. The van der Waals surface area contributed by atoms with Crippen LogP contribution in [0.1, 0.15) is 34.3 Å². The lowest BCUT2D eigenvalue weighted by Crippen LogP contribution is -2.33. The molecule has 4 heteroatoms. The van der Waals surface area contributed by atoms with Crippen molar-refractivity contribution in [1.82, 2.24) is 0 Å². The van der Waals surface area contributed by atoms with Crippen LogP contribution in [-0.4, -0.2) is 29.9 Å². The van der Waals surface area contributed by atoms with Crippen LogP contribution in [0.2, 0.25) is 0 Å². The summed E-state index contributed by atoms with van der Waals surface area (Å²) in [5, 5.41) is 9.09. The van der Waals surface area contributed by atoms with Gasteiger partial charge in [-0.1, -0.05) is 30.3 Å². The number of rotatable bonds is 3. The lowest BCUT2D eigenvalue weighted by Gasteiger charge is -2.34. The monoisotopic (exact) mass is 335 g/mol. The highest BCUT2D eigenvalue weighted by molar-refractivity contribution is 5.97. The third kappa shape index (κ3) is 2.87. The van der Waals surface area contributed by atoms with Gasteiger partial charge in [-0.05, 0) is 48.6 Å². The molecule has 1 fully saturated rings.